The third kappa shape index (κ3) is 5.33. The predicted octanol–water partition coefficient (Wildman–Crippen LogP) is 15.5. The molecule has 0 aliphatic heterocycles. The molecule has 10 aromatic rings. The number of rotatable bonds is 6. The van der Waals surface area contributed by atoms with Crippen LogP contribution in [-0.2, 0) is 5.41 Å². The number of furan rings is 1. The first-order valence-electron chi connectivity index (χ1n) is 19.8. The van der Waals surface area contributed by atoms with Gasteiger partial charge in [0.1, 0.15) is 11.2 Å². The lowest BCUT2D eigenvalue weighted by atomic mass is 9.82. The van der Waals surface area contributed by atoms with Crippen molar-refractivity contribution in [3.63, 3.8) is 0 Å². The van der Waals surface area contributed by atoms with Gasteiger partial charge in [0.15, 0.2) is 0 Å². The molecule has 1 heterocycles. The summed E-state index contributed by atoms with van der Waals surface area (Å²) in [6.45, 7) is 4.71. The molecule has 57 heavy (non-hydrogen) atoms. The van der Waals surface area contributed by atoms with Crippen LogP contribution in [0.15, 0.2) is 205 Å². The second kappa shape index (κ2) is 13.0. The summed E-state index contributed by atoms with van der Waals surface area (Å²) in [5, 5.41) is 4.56. The van der Waals surface area contributed by atoms with Gasteiger partial charge in [-0.3, -0.25) is 0 Å². The summed E-state index contributed by atoms with van der Waals surface area (Å²) >= 11 is 0. The molecule has 1 aliphatic rings. The predicted molar refractivity (Wildman–Crippen MR) is 240 cm³/mol. The first-order valence-corrected chi connectivity index (χ1v) is 19.8. The van der Waals surface area contributed by atoms with Crippen LogP contribution in [0.5, 0.6) is 0 Å². The Morgan fingerprint density at radius 2 is 1.00 bits per heavy atom. The second-order valence-corrected chi connectivity index (χ2v) is 15.7. The maximum absolute atomic E-state index is 6.68. The fourth-order valence-electron chi connectivity index (χ4n) is 9.22. The first kappa shape index (κ1) is 33.2. The van der Waals surface area contributed by atoms with E-state index in [2.05, 4.69) is 219 Å². The lowest BCUT2D eigenvalue weighted by Crippen LogP contribution is -2.16. The minimum Gasteiger partial charge on any atom is -0.455 e. The van der Waals surface area contributed by atoms with Gasteiger partial charge in [0, 0.05) is 38.5 Å². The van der Waals surface area contributed by atoms with E-state index in [1.54, 1.807) is 0 Å². The normalized spacial score (nSPS) is 12.9. The molecule has 11 rings (SSSR count). The lowest BCUT2D eigenvalue weighted by molar-refractivity contribution is 0.660. The van der Waals surface area contributed by atoms with Gasteiger partial charge in [-0.25, -0.2) is 0 Å². The quantitative estimate of drug-likeness (QED) is 0.169. The van der Waals surface area contributed by atoms with Crippen molar-refractivity contribution < 1.29 is 4.42 Å². The molecular formula is C55H39NO. The Balaban J connectivity index is 1.08. The molecule has 1 aromatic heterocycles. The van der Waals surface area contributed by atoms with Gasteiger partial charge in [0.05, 0.1) is 5.69 Å². The van der Waals surface area contributed by atoms with Crippen LogP contribution < -0.4 is 4.90 Å². The van der Waals surface area contributed by atoms with E-state index in [1.165, 1.54) is 49.9 Å². The molecular weight excluding hydrogens is 691 g/mol. The average Bonchev–Trinajstić information content (AvgIpc) is 3.77. The van der Waals surface area contributed by atoms with Crippen molar-refractivity contribution >= 4 is 49.8 Å². The van der Waals surface area contributed by atoms with Crippen LogP contribution in [0.3, 0.4) is 0 Å². The van der Waals surface area contributed by atoms with E-state index < -0.39 is 0 Å². The van der Waals surface area contributed by atoms with E-state index in [0.29, 0.717) is 0 Å². The minimum atomic E-state index is -0.132. The number of hydrogen-bond acceptors (Lipinski definition) is 2. The van der Waals surface area contributed by atoms with E-state index in [4.69, 9.17) is 4.42 Å². The monoisotopic (exact) mass is 729 g/mol. The number of benzene rings is 9. The highest BCUT2D eigenvalue weighted by molar-refractivity contribution is 6.19. The Hall–Kier alpha value is -7.16. The van der Waals surface area contributed by atoms with Gasteiger partial charge in [-0.2, -0.15) is 0 Å². The van der Waals surface area contributed by atoms with E-state index in [0.717, 1.165) is 55.5 Å². The number of hydrogen-bond donors (Lipinski definition) is 0. The molecule has 0 radical (unpaired) electrons. The molecule has 2 heteroatoms. The van der Waals surface area contributed by atoms with Gasteiger partial charge in [0.25, 0.3) is 0 Å². The van der Waals surface area contributed by atoms with Crippen LogP contribution >= 0.6 is 0 Å². The van der Waals surface area contributed by atoms with Crippen molar-refractivity contribution in [2.45, 2.75) is 19.3 Å². The summed E-state index contributed by atoms with van der Waals surface area (Å²) in [5.74, 6) is 0. The largest absolute Gasteiger partial charge is 0.455 e. The molecule has 1 aliphatic carbocycles. The number of para-hydroxylation sites is 1. The molecule has 0 atom stereocenters. The maximum atomic E-state index is 6.68. The molecule has 0 unspecified atom stereocenters. The van der Waals surface area contributed by atoms with E-state index in [9.17, 15) is 0 Å². The Kier molecular flexibility index (Phi) is 7.55. The Bertz CT molecular complexity index is 3130. The highest BCUT2D eigenvalue weighted by Crippen LogP contribution is 2.52. The Morgan fingerprint density at radius 1 is 0.404 bits per heavy atom. The highest BCUT2D eigenvalue weighted by Gasteiger charge is 2.36. The Labute approximate surface area is 332 Å². The molecule has 270 valence electrons. The SMILES string of the molecule is CC1(C)c2ccccc2-c2ccc(N(c3ccc(-c4ccc(-c5ccccc5)cc4)cc3)c3ccccc3-c3cccc4oc5c6ccccc6ccc5c34)cc21. The molecule has 0 fully saturated rings. The zero-order valence-corrected chi connectivity index (χ0v) is 31.9. The highest BCUT2D eigenvalue weighted by atomic mass is 16.3. The van der Waals surface area contributed by atoms with Crippen molar-refractivity contribution in [3.05, 3.63) is 211 Å². The lowest BCUT2D eigenvalue weighted by Gasteiger charge is -2.30. The van der Waals surface area contributed by atoms with Gasteiger partial charge < -0.3 is 9.32 Å². The summed E-state index contributed by atoms with van der Waals surface area (Å²) in [5.41, 5.74) is 17.4. The molecule has 0 saturated heterocycles. The second-order valence-electron chi connectivity index (χ2n) is 15.7. The van der Waals surface area contributed by atoms with Crippen molar-refractivity contribution in [2.75, 3.05) is 4.90 Å². The minimum absolute atomic E-state index is 0.132. The van der Waals surface area contributed by atoms with Gasteiger partial charge in [0.2, 0.25) is 0 Å². The topological polar surface area (TPSA) is 16.4 Å². The van der Waals surface area contributed by atoms with Gasteiger partial charge in [-0.15, -0.1) is 0 Å². The van der Waals surface area contributed by atoms with Crippen LogP contribution in [0, 0.1) is 0 Å². The van der Waals surface area contributed by atoms with Gasteiger partial charge in [-0.1, -0.05) is 172 Å². The third-order valence-electron chi connectivity index (χ3n) is 12.1. The van der Waals surface area contributed by atoms with E-state index in [-0.39, 0.29) is 5.41 Å². The molecule has 0 amide bonds. The molecule has 0 bridgehead atoms. The van der Waals surface area contributed by atoms with Crippen molar-refractivity contribution in [1.82, 2.24) is 0 Å². The zero-order chi connectivity index (χ0) is 38.1. The molecule has 0 spiro atoms. The fraction of sp³-hybridized carbons (Fsp3) is 0.0545. The van der Waals surface area contributed by atoms with Crippen molar-refractivity contribution in [2.24, 2.45) is 0 Å². The molecule has 0 N–H and O–H groups in total. The van der Waals surface area contributed by atoms with Gasteiger partial charge in [-0.05, 0) is 97.9 Å². The third-order valence-corrected chi connectivity index (χ3v) is 12.1. The standard InChI is InChI=1S/C55H39NO/c1-55(2)49-20-10-8-17-44(49)45-34-32-42(35-50(45)55)56(41-30-27-39(28-31-41)38-25-23-37(24-26-38)36-13-4-3-5-14-36)51-21-11-9-18-46(51)47-19-12-22-52-53(47)48-33-29-40-15-6-7-16-43(40)54(48)57-52/h3-35H,1-2H3. The summed E-state index contributed by atoms with van der Waals surface area (Å²) in [4.78, 5) is 2.44. The summed E-state index contributed by atoms with van der Waals surface area (Å²) < 4.78 is 6.68. The summed E-state index contributed by atoms with van der Waals surface area (Å²) in [6.07, 6.45) is 0. The number of fused-ring (bicyclic) bond motifs is 8. The van der Waals surface area contributed by atoms with Crippen LogP contribution in [0.4, 0.5) is 17.1 Å². The van der Waals surface area contributed by atoms with Crippen molar-refractivity contribution in [1.29, 1.82) is 0 Å². The maximum Gasteiger partial charge on any atom is 0.143 e. The molecule has 0 saturated carbocycles. The fourth-order valence-corrected chi connectivity index (χ4v) is 9.22. The van der Waals surface area contributed by atoms with E-state index in [1.807, 2.05) is 0 Å². The van der Waals surface area contributed by atoms with E-state index >= 15 is 0 Å². The van der Waals surface area contributed by atoms with Crippen LogP contribution in [0.2, 0.25) is 0 Å². The van der Waals surface area contributed by atoms with Crippen molar-refractivity contribution in [3.8, 4) is 44.5 Å². The van der Waals surface area contributed by atoms with Crippen LogP contribution in [0.25, 0.3) is 77.2 Å². The Morgan fingerprint density at radius 3 is 1.79 bits per heavy atom. The summed E-state index contributed by atoms with van der Waals surface area (Å²) in [7, 11) is 0. The number of anilines is 3. The molecule has 2 nitrogen and oxygen atoms in total. The van der Waals surface area contributed by atoms with Gasteiger partial charge >= 0.3 is 0 Å². The molecule has 9 aromatic carbocycles. The van der Waals surface area contributed by atoms with Crippen LogP contribution in [0.1, 0.15) is 25.0 Å². The first-order chi connectivity index (χ1) is 28.0. The zero-order valence-electron chi connectivity index (χ0n) is 31.9. The number of nitrogens with zero attached hydrogens (tertiary/aromatic N) is 1. The van der Waals surface area contributed by atoms with Crippen LogP contribution in [-0.4, -0.2) is 0 Å². The average molecular weight is 730 g/mol. The summed E-state index contributed by atoms with van der Waals surface area (Å²) in [6, 6.07) is 72.6. The smallest absolute Gasteiger partial charge is 0.143 e.